The number of carbonyl (C=O) groups is 3. The molecule has 12 heteroatoms. The number of morpholine rings is 1. The van der Waals surface area contributed by atoms with Crippen molar-refractivity contribution in [3.8, 4) is 0 Å². The first-order valence-electron chi connectivity index (χ1n) is 12.8. The van der Waals surface area contributed by atoms with E-state index in [1.165, 1.54) is 34.1 Å². The van der Waals surface area contributed by atoms with Gasteiger partial charge in [-0.3, -0.25) is 19.9 Å². The van der Waals surface area contributed by atoms with Gasteiger partial charge in [0.15, 0.2) is 0 Å². The molecule has 2 aromatic rings. The second-order valence-electron chi connectivity index (χ2n) is 9.55. The molecule has 0 bridgehead atoms. The molecule has 3 heterocycles. The third kappa shape index (κ3) is 5.19. The highest BCUT2D eigenvalue weighted by Crippen LogP contribution is 2.43. The van der Waals surface area contributed by atoms with Crippen LogP contribution in [-0.4, -0.2) is 72.0 Å². The first kappa shape index (κ1) is 27.4. The van der Waals surface area contributed by atoms with E-state index >= 15 is 0 Å². The number of nitrogens with zero attached hydrogens (tertiary/aromatic N) is 3. The molecule has 4 amide bonds. The highest BCUT2D eigenvalue weighted by atomic mass is 19.4. The van der Waals surface area contributed by atoms with Crippen molar-refractivity contribution in [2.24, 2.45) is 0 Å². The molecular weight excluding hydrogens is 527 g/mol. The summed E-state index contributed by atoms with van der Waals surface area (Å²) in [5.74, 6) is -1.12. The number of hydrazine groups is 1. The van der Waals surface area contributed by atoms with Crippen LogP contribution in [0, 0.1) is 0 Å². The Morgan fingerprint density at radius 2 is 1.77 bits per heavy atom. The van der Waals surface area contributed by atoms with Gasteiger partial charge in [0, 0.05) is 19.6 Å². The lowest BCUT2D eigenvalue weighted by Crippen LogP contribution is -2.52. The lowest BCUT2D eigenvalue weighted by atomic mass is 9.91. The molecule has 2 aromatic carbocycles. The third-order valence-electron chi connectivity index (χ3n) is 7.09. The topological polar surface area (TPSA) is 94.2 Å². The van der Waals surface area contributed by atoms with Crippen LogP contribution in [0.15, 0.2) is 78.5 Å². The molecule has 5 rings (SSSR count). The standard InChI is InChI=1S/C28H28F3N5O4/c1-2-12-35-21-17-36(24(18-8-4-3-5-9-18)25(37)33-34-13-15-40-16-14-34)26(38)22(21)23(32-27(35)39)19-10-6-7-11-20(19)28(29,30)31/h2-11,23-24H,1,12-17H2,(H,32,39)(H,33,37). The number of hydrogen-bond acceptors (Lipinski definition) is 5. The summed E-state index contributed by atoms with van der Waals surface area (Å²) in [4.78, 5) is 43.5. The molecule has 2 N–H and O–H groups in total. The van der Waals surface area contributed by atoms with Crippen molar-refractivity contribution in [1.29, 1.82) is 0 Å². The summed E-state index contributed by atoms with van der Waals surface area (Å²) < 4.78 is 47.3. The van der Waals surface area contributed by atoms with Gasteiger partial charge in [0.25, 0.3) is 11.8 Å². The fourth-order valence-corrected chi connectivity index (χ4v) is 5.28. The molecule has 1 fully saturated rings. The molecule has 9 nitrogen and oxygen atoms in total. The van der Waals surface area contributed by atoms with Gasteiger partial charge >= 0.3 is 12.2 Å². The molecule has 2 unspecified atom stereocenters. The average Bonchev–Trinajstić information content (AvgIpc) is 3.27. The van der Waals surface area contributed by atoms with Gasteiger partial charge in [-0.05, 0) is 17.2 Å². The van der Waals surface area contributed by atoms with Crippen LogP contribution in [-0.2, 0) is 20.5 Å². The highest BCUT2D eigenvalue weighted by Gasteiger charge is 2.49. The summed E-state index contributed by atoms with van der Waals surface area (Å²) in [5.41, 5.74) is 2.38. The number of urea groups is 1. The molecule has 2 atom stereocenters. The third-order valence-corrected chi connectivity index (χ3v) is 7.09. The maximum absolute atomic E-state index is 14.1. The second kappa shape index (κ2) is 11.1. The quantitative estimate of drug-likeness (QED) is 0.512. The molecule has 0 aliphatic carbocycles. The van der Waals surface area contributed by atoms with E-state index in [1.54, 1.807) is 35.3 Å². The molecule has 0 radical (unpaired) electrons. The van der Waals surface area contributed by atoms with Crippen LogP contribution in [0.3, 0.4) is 0 Å². The first-order valence-corrected chi connectivity index (χ1v) is 12.8. The maximum Gasteiger partial charge on any atom is 0.416 e. The maximum atomic E-state index is 14.1. The number of nitrogens with one attached hydrogen (secondary N) is 2. The number of alkyl halides is 3. The average molecular weight is 556 g/mol. The summed E-state index contributed by atoms with van der Waals surface area (Å²) in [6.07, 6.45) is -3.26. The van der Waals surface area contributed by atoms with Gasteiger partial charge in [0.05, 0.1) is 42.6 Å². The van der Waals surface area contributed by atoms with Crippen molar-refractivity contribution in [1.82, 2.24) is 25.6 Å². The molecule has 0 spiro atoms. The summed E-state index contributed by atoms with van der Waals surface area (Å²) in [5, 5.41) is 4.29. The summed E-state index contributed by atoms with van der Waals surface area (Å²) in [7, 11) is 0. The summed E-state index contributed by atoms with van der Waals surface area (Å²) in [6.45, 7) is 5.31. The smallest absolute Gasteiger partial charge is 0.379 e. The van der Waals surface area contributed by atoms with Crippen LogP contribution in [0.5, 0.6) is 0 Å². The SMILES string of the molecule is C=CCN1C(=O)NC(c2ccccc2C(F)(F)F)C2=C1CN(C(C(=O)NN1CCOCC1)c1ccccc1)C2=O. The lowest BCUT2D eigenvalue weighted by Gasteiger charge is -2.33. The Bertz CT molecular complexity index is 1340. The molecule has 1 saturated heterocycles. The normalized spacial score (nSPS) is 20.7. The van der Waals surface area contributed by atoms with E-state index in [0.717, 1.165) is 6.07 Å². The van der Waals surface area contributed by atoms with Crippen molar-refractivity contribution in [3.05, 3.63) is 95.2 Å². The molecule has 40 heavy (non-hydrogen) atoms. The van der Waals surface area contributed by atoms with Gasteiger partial charge < -0.3 is 15.0 Å². The number of amides is 4. The minimum Gasteiger partial charge on any atom is -0.379 e. The fraction of sp³-hybridized carbons (Fsp3) is 0.321. The fourth-order valence-electron chi connectivity index (χ4n) is 5.28. The Kier molecular flexibility index (Phi) is 7.63. The largest absolute Gasteiger partial charge is 0.416 e. The molecule has 0 aromatic heterocycles. The van der Waals surface area contributed by atoms with Gasteiger partial charge in [0.1, 0.15) is 6.04 Å². The van der Waals surface area contributed by atoms with Crippen LogP contribution < -0.4 is 10.7 Å². The zero-order chi connectivity index (χ0) is 28.4. The molecule has 3 aliphatic rings. The van der Waals surface area contributed by atoms with E-state index in [0.29, 0.717) is 31.9 Å². The second-order valence-corrected chi connectivity index (χ2v) is 9.55. The number of ether oxygens (including phenoxy) is 1. The minimum absolute atomic E-state index is 0.0155. The van der Waals surface area contributed by atoms with Crippen molar-refractivity contribution in [2.45, 2.75) is 18.3 Å². The number of hydrogen-bond donors (Lipinski definition) is 2. The van der Waals surface area contributed by atoms with E-state index in [9.17, 15) is 27.6 Å². The van der Waals surface area contributed by atoms with Crippen LogP contribution in [0.2, 0.25) is 0 Å². The van der Waals surface area contributed by atoms with Gasteiger partial charge in [-0.25, -0.2) is 9.80 Å². The van der Waals surface area contributed by atoms with Crippen LogP contribution in [0.25, 0.3) is 0 Å². The Morgan fingerprint density at radius 3 is 2.45 bits per heavy atom. The predicted molar refractivity (Wildman–Crippen MR) is 138 cm³/mol. The zero-order valence-corrected chi connectivity index (χ0v) is 21.5. The van der Waals surface area contributed by atoms with Gasteiger partial charge in [-0.1, -0.05) is 54.6 Å². The minimum atomic E-state index is -4.72. The van der Waals surface area contributed by atoms with Crippen LogP contribution in [0.4, 0.5) is 18.0 Å². The molecular formula is C28H28F3N5O4. The van der Waals surface area contributed by atoms with E-state index in [4.69, 9.17) is 4.74 Å². The van der Waals surface area contributed by atoms with Gasteiger partial charge in [0.2, 0.25) is 0 Å². The highest BCUT2D eigenvalue weighted by molar-refractivity contribution is 6.04. The van der Waals surface area contributed by atoms with E-state index in [-0.39, 0.29) is 29.9 Å². The van der Waals surface area contributed by atoms with Gasteiger partial charge in [-0.15, -0.1) is 6.58 Å². The molecule has 210 valence electrons. The number of halogens is 3. The Labute approximate surface area is 228 Å². The Morgan fingerprint density at radius 1 is 1.10 bits per heavy atom. The first-order chi connectivity index (χ1) is 19.2. The van der Waals surface area contributed by atoms with E-state index in [2.05, 4.69) is 17.3 Å². The van der Waals surface area contributed by atoms with Crippen molar-refractivity contribution in [3.63, 3.8) is 0 Å². The van der Waals surface area contributed by atoms with Gasteiger partial charge in [-0.2, -0.15) is 13.2 Å². The van der Waals surface area contributed by atoms with E-state index in [1.807, 2.05) is 0 Å². The number of benzene rings is 2. The van der Waals surface area contributed by atoms with Crippen molar-refractivity contribution >= 4 is 17.8 Å². The Hall–Kier alpha value is -4.16. The van der Waals surface area contributed by atoms with Crippen LogP contribution >= 0.6 is 0 Å². The summed E-state index contributed by atoms with van der Waals surface area (Å²) >= 11 is 0. The lowest BCUT2D eigenvalue weighted by molar-refractivity contribution is -0.141. The van der Waals surface area contributed by atoms with Crippen molar-refractivity contribution < 1.29 is 32.3 Å². The monoisotopic (exact) mass is 555 g/mol. The predicted octanol–water partition coefficient (Wildman–Crippen LogP) is 3.16. The number of carbonyl (C=O) groups excluding carboxylic acids is 3. The van der Waals surface area contributed by atoms with Crippen molar-refractivity contribution in [2.75, 3.05) is 39.4 Å². The summed E-state index contributed by atoms with van der Waals surface area (Å²) in [6, 6.07) is 10.3. The van der Waals surface area contributed by atoms with E-state index < -0.39 is 41.7 Å². The van der Waals surface area contributed by atoms with Crippen LogP contribution in [0.1, 0.15) is 28.8 Å². The zero-order valence-electron chi connectivity index (χ0n) is 21.5. The molecule has 0 saturated carbocycles. The number of rotatable bonds is 7. The molecule has 3 aliphatic heterocycles. The Balaban J connectivity index is 1.57.